The predicted molar refractivity (Wildman–Crippen MR) is 73.9 cm³/mol. The molecule has 9 atom stereocenters. The number of rotatable bonds is 5. The molecule has 10 heteroatoms. The molecule has 130 valence electrons. The average molecular weight is 342 g/mol. The van der Waals surface area contributed by atoms with Crippen LogP contribution in [0, 0.1) is 0 Å². The van der Waals surface area contributed by atoms with Gasteiger partial charge < -0.3 is 44.8 Å². The van der Waals surface area contributed by atoms with E-state index in [1.54, 1.807) is 0 Å². The van der Waals surface area contributed by atoms with E-state index in [-0.39, 0.29) is 0 Å². The van der Waals surface area contributed by atoms with E-state index in [1.165, 1.54) is 11.8 Å². The Morgan fingerprint density at radius 1 is 0.909 bits per heavy atom. The lowest BCUT2D eigenvalue weighted by atomic mass is 9.99. The molecule has 0 saturated carbocycles. The second-order valence-electron chi connectivity index (χ2n) is 5.31. The third kappa shape index (κ3) is 3.56. The number of hydrogen-bond donors (Lipinski definition) is 6. The summed E-state index contributed by atoms with van der Waals surface area (Å²) in [6, 6.07) is 0. The van der Waals surface area contributed by atoms with Gasteiger partial charge in [-0.15, -0.1) is 0 Å². The Morgan fingerprint density at radius 2 is 1.55 bits per heavy atom. The third-order valence-electron chi connectivity index (χ3n) is 3.78. The molecule has 0 aliphatic carbocycles. The van der Waals surface area contributed by atoms with Crippen LogP contribution in [-0.4, -0.2) is 105 Å². The molecular formula is C12H22O9S. The van der Waals surface area contributed by atoms with Gasteiger partial charge in [0.1, 0.15) is 36.6 Å². The van der Waals surface area contributed by atoms with Crippen LogP contribution >= 0.6 is 11.8 Å². The van der Waals surface area contributed by atoms with Crippen molar-refractivity contribution in [3.05, 3.63) is 0 Å². The highest BCUT2D eigenvalue weighted by Gasteiger charge is 2.49. The largest absolute Gasteiger partial charge is 0.394 e. The van der Waals surface area contributed by atoms with Crippen molar-refractivity contribution in [1.29, 1.82) is 0 Å². The number of ether oxygens (including phenoxy) is 3. The molecule has 0 aromatic rings. The first-order valence-corrected chi connectivity index (χ1v) is 8.26. The van der Waals surface area contributed by atoms with Crippen LogP contribution in [0.1, 0.15) is 0 Å². The monoisotopic (exact) mass is 342 g/mol. The van der Waals surface area contributed by atoms with Gasteiger partial charge in [0.2, 0.25) is 0 Å². The minimum atomic E-state index is -1.62. The molecule has 2 aliphatic heterocycles. The molecule has 0 amide bonds. The zero-order valence-electron chi connectivity index (χ0n) is 11.9. The van der Waals surface area contributed by atoms with E-state index in [2.05, 4.69) is 0 Å². The van der Waals surface area contributed by atoms with Gasteiger partial charge in [-0.05, 0) is 6.26 Å². The molecule has 2 rings (SSSR count). The maximum absolute atomic E-state index is 9.96. The summed E-state index contributed by atoms with van der Waals surface area (Å²) < 4.78 is 15.6. The van der Waals surface area contributed by atoms with Crippen LogP contribution in [0.4, 0.5) is 0 Å². The molecule has 0 spiro atoms. The SMILES string of the molecule is CSC[C@@H]1O[C@@H](O[C@H]2[C@@H](O)[C@H](O)[C@@H](CO)O[C@@H]2O)[C@@H](O)[C@@H]1O. The molecule has 0 aromatic heterocycles. The quantitative estimate of drug-likeness (QED) is 0.299. The van der Waals surface area contributed by atoms with E-state index in [1.807, 2.05) is 6.26 Å². The highest BCUT2D eigenvalue weighted by molar-refractivity contribution is 7.98. The van der Waals surface area contributed by atoms with Crippen LogP contribution < -0.4 is 0 Å². The van der Waals surface area contributed by atoms with Crippen molar-refractivity contribution in [3.63, 3.8) is 0 Å². The predicted octanol–water partition coefficient (Wildman–Crippen LogP) is -3.39. The normalized spacial score (nSPS) is 49.5. The van der Waals surface area contributed by atoms with Gasteiger partial charge in [-0.25, -0.2) is 0 Å². The van der Waals surface area contributed by atoms with E-state index < -0.39 is 61.9 Å². The van der Waals surface area contributed by atoms with Crippen LogP contribution in [-0.2, 0) is 14.2 Å². The smallest absolute Gasteiger partial charge is 0.187 e. The van der Waals surface area contributed by atoms with Gasteiger partial charge in [-0.1, -0.05) is 0 Å². The van der Waals surface area contributed by atoms with Crippen molar-refractivity contribution in [3.8, 4) is 0 Å². The Morgan fingerprint density at radius 3 is 2.14 bits per heavy atom. The minimum absolute atomic E-state index is 0.430. The second-order valence-corrected chi connectivity index (χ2v) is 6.22. The average Bonchev–Trinajstić information content (AvgIpc) is 2.76. The van der Waals surface area contributed by atoms with Gasteiger partial charge >= 0.3 is 0 Å². The molecule has 2 aliphatic rings. The summed E-state index contributed by atoms with van der Waals surface area (Å²) in [7, 11) is 0. The summed E-state index contributed by atoms with van der Waals surface area (Å²) in [5.74, 6) is 0.430. The molecule has 0 aromatic carbocycles. The Balaban J connectivity index is 2.00. The van der Waals surface area contributed by atoms with E-state index in [0.29, 0.717) is 5.75 Å². The third-order valence-corrected chi connectivity index (χ3v) is 4.45. The molecule has 0 bridgehead atoms. The first kappa shape index (κ1) is 18.3. The van der Waals surface area contributed by atoms with E-state index in [4.69, 9.17) is 19.3 Å². The highest BCUT2D eigenvalue weighted by atomic mass is 32.2. The van der Waals surface area contributed by atoms with Crippen LogP contribution in [0.2, 0.25) is 0 Å². The summed E-state index contributed by atoms with van der Waals surface area (Å²) in [5.41, 5.74) is 0. The summed E-state index contributed by atoms with van der Waals surface area (Å²) in [6.45, 7) is -0.584. The highest BCUT2D eigenvalue weighted by Crippen LogP contribution is 2.29. The summed E-state index contributed by atoms with van der Waals surface area (Å²) >= 11 is 1.41. The molecule has 22 heavy (non-hydrogen) atoms. The molecule has 2 fully saturated rings. The van der Waals surface area contributed by atoms with Crippen molar-refractivity contribution in [1.82, 2.24) is 0 Å². The number of aliphatic hydroxyl groups is 6. The van der Waals surface area contributed by atoms with Gasteiger partial charge in [-0.2, -0.15) is 11.8 Å². The topological polar surface area (TPSA) is 149 Å². The fraction of sp³-hybridized carbons (Fsp3) is 1.00. The first-order valence-electron chi connectivity index (χ1n) is 6.87. The van der Waals surface area contributed by atoms with E-state index in [9.17, 15) is 25.5 Å². The van der Waals surface area contributed by atoms with Crippen molar-refractivity contribution < 1.29 is 44.8 Å². The maximum Gasteiger partial charge on any atom is 0.187 e. The molecule has 9 nitrogen and oxygen atoms in total. The molecule has 2 heterocycles. The lowest BCUT2D eigenvalue weighted by Gasteiger charge is -2.40. The van der Waals surface area contributed by atoms with E-state index >= 15 is 0 Å². The molecule has 0 radical (unpaired) electrons. The number of thioether (sulfide) groups is 1. The molecule has 6 N–H and O–H groups in total. The number of aliphatic hydroxyl groups excluding tert-OH is 6. The minimum Gasteiger partial charge on any atom is -0.394 e. The van der Waals surface area contributed by atoms with Gasteiger partial charge in [0.25, 0.3) is 0 Å². The fourth-order valence-corrected chi connectivity index (χ4v) is 3.11. The second kappa shape index (κ2) is 7.71. The first-order chi connectivity index (χ1) is 10.4. The van der Waals surface area contributed by atoms with Crippen LogP contribution in [0.3, 0.4) is 0 Å². The molecular weight excluding hydrogens is 320 g/mol. The van der Waals surface area contributed by atoms with Gasteiger partial charge in [0.15, 0.2) is 12.6 Å². The lowest BCUT2D eigenvalue weighted by Crippen LogP contribution is -2.60. The van der Waals surface area contributed by atoms with Crippen LogP contribution in [0.15, 0.2) is 0 Å². The van der Waals surface area contributed by atoms with Crippen molar-refractivity contribution >= 4 is 11.8 Å². The van der Waals surface area contributed by atoms with Gasteiger partial charge in [0, 0.05) is 5.75 Å². The maximum atomic E-state index is 9.96. The Bertz CT molecular complexity index is 359. The zero-order chi connectivity index (χ0) is 16.4. The van der Waals surface area contributed by atoms with Crippen molar-refractivity contribution in [2.45, 2.75) is 55.3 Å². The fourth-order valence-electron chi connectivity index (χ4n) is 2.50. The summed E-state index contributed by atoms with van der Waals surface area (Å²) in [5, 5.41) is 58.3. The Labute approximate surface area is 131 Å². The van der Waals surface area contributed by atoms with E-state index in [0.717, 1.165) is 0 Å². The van der Waals surface area contributed by atoms with Crippen LogP contribution in [0.5, 0.6) is 0 Å². The van der Waals surface area contributed by atoms with Gasteiger partial charge in [-0.3, -0.25) is 0 Å². The Kier molecular flexibility index (Phi) is 6.42. The molecule has 0 unspecified atom stereocenters. The molecule has 2 saturated heterocycles. The summed E-state index contributed by atoms with van der Waals surface area (Å²) in [6.07, 6.45) is -9.81. The van der Waals surface area contributed by atoms with Crippen molar-refractivity contribution in [2.75, 3.05) is 18.6 Å². The standard InChI is InChI=1S/C12H22O9S/c1-22-3-5-7(15)9(17)12(20-5)21-10-8(16)6(14)4(2-13)19-11(10)18/h4-18H,2-3H2,1H3/t4-,5+,6-,7-,8+,9+,10+,11+,12+/m1/s1. The lowest BCUT2D eigenvalue weighted by molar-refractivity contribution is -0.326. The summed E-state index contributed by atoms with van der Waals surface area (Å²) in [4.78, 5) is 0. The Hall–Kier alpha value is -0.0100. The number of hydrogen-bond acceptors (Lipinski definition) is 10. The zero-order valence-corrected chi connectivity index (χ0v) is 12.7. The van der Waals surface area contributed by atoms with Crippen molar-refractivity contribution in [2.24, 2.45) is 0 Å². The van der Waals surface area contributed by atoms with Crippen LogP contribution in [0.25, 0.3) is 0 Å². The van der Waals surface area contributed by atoms with Gasteiger partial charge in [0.05, 0.1) is 12.7 Å².